The molecule has 0 amide bonds. The maximum absolute atomic E-state index is 12.3. The fourth-order valence-electron chi connectivity index (χ4n) is 4.78. The Labute approximate surface area is 164 Å². The summed E-state index contributed by atoms with van der Waals surface area (Å²) < 4.78 is 5.11. The lowest BCUT2D eigenvalue weighted by Crippen LogP contribution is -2.20. The van der Waals surface area contributed by atoms with E-state index in [9.17, 15) is 4.79 Å². The second-order valence-corrected chi connectivity index (χ2v) is 8.33. The Morgan fingerprint density at radius 3 is 2.74 bits per heavy atom. The number of esters is 1. The first kappa shape index (κ1) is 20.0. The number of anilines is 1. The molecule has 148 valence electrons. The fourth-order valence-corrected chi connectivity index (χ4v) is 4.78. The Morgan fingerprint density at radius 2 is 1.89 bits per heavy atom. The van der Waals surface area contributed by atoms with Crippen molar-refractivity contribution in [1.82, 2.24) is 0 Å². The van der Waals surface area contributed by atoms with E-state index in [0.29, 0.717) is 11.8 Å². The van der Waals surface area contributed by atoms with Gasteiger partial charge in [-0.25, -0.2) is 0 Å². The Hall–Kier alpha value is -1.77. The van der Waals surface area contributed by atoms with Gasteiger partial charge in [-0.05, 0) is 61.6 Å². The predicted molar refractivity (Wildman–Crippen MR) is 113 cm³/mol. The molecule has 1 heterocycles. The minimum atomic E-state index is 0.000487. The summed E-state index contributed by atoms with van der Waals surface area (Å²) in [4.78, 5) is 12.3. The maximum atomic E-state index is 12.3. The highest BCUT2D eigenvalue weighted by Crippen LogP contribution is 2.40. The number of methoxy groups -OCH3 is 1. The maximum Gasteiger partial charge on any atom is 0.308 e. The summed E-state index contributed by atoms with van der Waals surface area (Å²) in [6, 6.07) is 8.65. The zero-order chi connectivity index (χ0) is 18.9. The number of benzene rings is 1. The van der Waals surface area contributed by atoms with Gasteiger partial charge >= 0.3 is 5.97 Å². The van der Waals surface area contributed by atoms with Gasteiger partial charge in [-0.3, -0.25) is 4.79 Å². The lowest BCUT2D eigenvalue weighted by molar-refractivity contribution is -0.146. The molecule has 1 fully saturated rings. The van der Waals surface area contributed by atoms with Crippen molar-refractivity contribution in [3.63, 3.8) is 0 Å². The van der Waals surface area contributed by atoms with Gasteiger partial charge in [0.1, 0.15) is 0 Å². The molecule has 3 nitrogen and oxygen atoms in total. The summed E-state index contributed by atoms with van der Waals surface area (Å²) in [5.41, 5.74) is 2.44. The minimum Gasteiger partial charge on any atom is -0.469 e. The lowest BCUT2D eigenvalue weighted by atomic mass is 9.90. The van der Waals surface area contributed by atoms with Crippen LogP contribution in [0.25, 0.3) is 6.08 Å². The molecule has 1 aliphatic heterocycles. The predicted octanol–water partition coefficient (Wildman–Crippen LogP) is 6.06. The first-order valence-electron chi connectivity index (χ1n) is 10.8. The van der Waals surface area contributed by atoms with Gasteiger partial charge in [-0.2, -0.15) is 0 Å². The molecule has 3 atom stereocenters. The number of ether oxygens (including phenoxy) is 1. The zero-order valence-corrected chi connectivity index (χ0v) is 16.8. The van der Waals surface area contributed by atoms with E-state index in [0.717, 1.165) is 19.4 Å². The molecule has 0 aromatic heterocycles. The molecule has 3 rings (SSSR count). The minimum absolute atomic E-state index is 0.000487. The van der Waals surface area contributed by atoms with Crippen LogP contribution in [-0.2, 0) is 9.53 Å². The van der Waals surface area contributed by atoms with E-state index in [1.54, 1.807) is 0 Å². The number of fused-ring (bicyclic) bond motifs is 4. The topological polar surface area (TPSA) is 38.3 Å². The van der Waals surface area contributed by atoms with Crippen LogP contribution >= 0.6 is 0 Å². The fraction of sp³-hybridized carbons (Fsp3) is 0.625. The van der Waals surface area contributed by atoms with Gasteiger partial charge in [0.2, 0.25) is 0 Å². The van der Waals surface area contributed by atoms with E-state index >= 15 is 0 Å². The average Bonchev–Trinajstić information content (AvgIpc) is 3.10. The second-order valence-electron chi connectivity index (χ2n) is 8.33. The van der Waals surface area contributed by atoms with E-state index in [1.165, 1.54) is 69.7 Å². The molecule has 3 heteroatoms. The normalized spacial score (nSPS) is 28.4. The monoisotopic (exact) mass is 369 g/mol. The van der Waals surface area contributed by atoms with Crippen LogP contribution < -0.4 is 5.32 Å². The quantitative estimate of drug-likeness (QED) is 0.611. The lowest BCUT2D eigenvalue weighted by Gasteiger charge is -2.17. The summed E-state index contributed by atoms with van der Waals surface area (Å²) >= 11 is 0. The number of nitrogens with one attached hydrogen (secondary N) is 1. The molecule has 2 aliphatic rings. The van der Waals surface area contributed by atoms with E-state index in [4.69, 9.17) is 4.74 Å². The number of hydrogen-bond acceptors (Lipinski definition) is 3. The number of hydrogen-bond donors (Lipinski definition) is 1. The van der Waals surface area contributed by atoms with Gasteiger partial charge < -0.3 is 10.1 Å². The molecule has 1 aromatic rings. The van der Waals surface area contributed by atoms with Gasteiger partial charge in [-0.15, -0.1) is 0 Å². The Morgan fingerprint density at radius 1 is 1.07 bits per heavy atom. The number of carbonyl (C=O) groups excluding carboxylic acids is 1. The molecule has 4 bridgehead atoms. The number of rotatable bonds is 1. The van der Waals surface area contributed by atoms with Crippen molar-refractivity contribution >= 4 is 17.7 Å². The molecular formula is C24H35NO2. The van der Waals surface area contributed by atoms with Crippen molar-refractivity contribution < 1.29 is 9.53 Å². The van der Waals surface area contributed by atoms with E-state index in [1.807, 2.05) is 0 Å². The van der Waals surface area contributed by atoms with Crippen molar-refractivity contribution in [1.29, 1.82) is 0 Å². The summed E-state index contributed by atoms with van der Waals surface area (Å²) in [6.45, 7) is 0.942. The van der Waals surface area contributed by atoms with Gasteiger partial charge in [-0.1, -0.05) is 56.4 Å². The third-order valence-electron chi connectivity index (χ3n) is 6.28. The highest BCUT2D eigenvalue weighted by atomic mass is 16.5. The summed E-state index contributed by atoms with van der Waals surface area (Å²) in [7, 11) is 1.53. The van der Waals surface area contributed by atoms with Crippen molar-refractivity contribution in [2.45, 2.75) is 64.2 Å². The van der Waals surface area contributed by atoms with Gasteiger partial charge in [0.05, 0.1) is 13.0 Å². The molecule has 27 heavy (non-hydrogen) atoms. The number of carbonyl (C=O) groups is 1. The van der Waals surface area contributed by atoms with Crippen molar-refractivity contribution in [3.8, 4) is 0 Å². The smallest absolute Gasteiger partial charge is 0.308 e. The van der Waals surface area contributed by atoms with Crippen LogP contribution in [0.3, 0.4) is 0 Å². The Kier molecular flexibility index (Phi) is 7.79. The highest BCUT2D eigenvalue weighted by Gasteiger charge is 2.38. The largest absolute Gasteiger partial charge is 0.469 e. The third-order valence-corrected chi connectivity index (χ3v) is 6.28. The van der Waals surface area contributed by atoms with Gasteiger partial charge in [0.15, 0.2) is 0 Å². The second kappa shape index (κ2) is 10.5. The number of allylic oxidation sites excluding steroid dienone is 1. The summed E-state index contributed by atoms with van der Waals surface area (Å²) in [5.74, 6) is 1.15. The van der Waals surface area contributed by atoms with Crippen molar-refractivity contribution in [3.05, 3.63) is 35.9 Å². The molecule has 0 spiro atoms. The molecule has 0 saturated heterocycles. The molecule has 3 unspecified atom stereocenters. The molecular weight excluding hydrogens is 334 g/mol. The van der Waals surface area contributed by atoms with E-state index < -0.39 is 0 Å². The van der Waals surface area contributed by atoms with Crippen LogP contribution in [0, 0.1) is 17.8 Å². The molecule has 1 N–H and O–H groups in total. The summed E-state index contributed by atoms with van der Waals surface area (Å²) in [6.07, 6.45) is 16.8. The van der Waals surface area contributed by atoms with Crippen molar-refractivity contribution in [2.75, 3.05) is 19.0 Å². The van der Waals surface area contributed by atoms with Crippen LogP contribution in [0.15, 0.2) is 30.3 Å². The van der Waals surface area contributed by atoms with Gasteiger partial charge in [0.25, 0.3) is 0 Å². The SMILES string of the molecule is COC(=O)C1CC2CNc3cccc(c3)/C=C\CCCCCCCCC1C2. The van der Waals surface area contributed by atoms with Gasteiger partial charge in [0, 0.05) is 12.2 Å². The molecule has 1 saturated carbocycles. The first-order valence-corrected chi connectivity index (χ1v) is 10.8. The van der Waals surface area contributed by atoms with Crippen LogP contribution in [0.5, 0.6) is 0 Å². The molecule has 0 radical (unpaired) electrons. The molecule has 1 aliphatic carbocycles. The van der Waals surface area contributed by atoms with Crippen LogP contribution in [-0.4, -0.2) is 19.6 Å². The first-order chi connectivity index (χ1) is 13.3. The Balaban J connectivity index is 1.67. The zero-order valence-electron chi connectivity index (χ0n) is 16.8. The highest BCUT2D eigenvalue weighted by molar-refractivity contribution is 5.73. The van der Waals surface area contributed by atoms with Crippen LogP contribution in [0.2, 0.25) is 0 Å². The van der Waals surface area contributed by atoms with E-state index in [2.05, 4.69) is 41.7 Å². The van der Waals surface area contributed by atoms with E-state index in [-0.39, 0.29) is 11.9 Å². The molecule has 1 aromatic carbocycles. The van der Waals surface area contributed by atoms with Crippen LogP contribution in [0.4, 0.5) is 5.69 Å². The Bertz CT molecular complexity index is 625. The average molecular weight is 370 g/mol. The summed E-state index contributed by atoms with van der Waals surface area (Å²) in [5, 5.41) is 3.61. The third kappa shape index (κ3) is 6.12. The van der Waals surface area contributed by atoms with Crippen LogP contribution in [0.1, 0.15) is 69.8 Å². The standard InChI is InChI=1S/C24H35NO2/c1-27-24(26)23-17-20-15-21(23)13-9-7-5-3-2-4-6-8-11-19-12-10-14-22(16-19)25-18-20/h8,10-12,14,16,20-21,23,25H,2-7,9,13,15,17-18H2,1H3/b11-8-. The van der Waals surface area contributed by atoms with Crippen molar-refractivity contribution in [2.24, 2.45) is 17.8 Å².